The van der Waals surface area contributed by atoms with Gasteiger partial charge in [0.25, 0.3) is 0 Å². The molecule has 0 amide bonds. The van der Waals surface area contributed by atoms with Gasteiger partial charge in [-0.25, -0.2) is 0 Å². The zero-order chi connectivity index (χ0) is 59.5. The Morgan fingerprint density at radius 1 is 0.378 bits per heavy atom. The number of hydrogen-bond acceptors (Lipinski definition) is 15. The summed E-state index contributed by atoms with van der Waals surface area (Å²) in [5.74, 6) is -0.999. The number of ether oxygens (including phenoxy) is 6. The molecule has 0 bridgehead atoms. The number of unbranched alkanes of at least 4 members (excludes halogenated alkanes) is 35. The second-order valence-corrected chi connectivity index (χ2v) is 23.6. The van der Waals surface area contributed by atoms with Gasteiger partial charge >= 0.3 is 11.9 Å². The van der Waals surface area contributed by atoms with E-state index in [0.717, 1.165) is 32.1 Å². The fourth-order valence-corrected chi connectivity index (χ4v) is 10.7. The minimum Gasteiger partial charge on any atom is -0.462 e. The molecule has 0 aromatic carbocycles. The zero-order valence-corrected chi connectivity index (χ0v) is 51.7. The van der Waals surface area contributed by atoms with Crippen LogP contribution < -0.4 is 0 Å². The maximum Gasteiger partial charge on any atom is 0.306 e. The molecule has 4 unspecified atom stereocenters. The molecular weight excluding hydrogens is 1040 g/mol. The van der Waals surface area contributed by atoms with E-state index in [4.69, 9.17) is 28.4 Å². The van der Waals surface area contributed by atoms with Gasteiger partial charge in [-0.2, -0.15) is 0 Å². The van der Waals surface area contributed by atoms with Crippen LogP contribution in [0.1, 0.15) is 284 Å². The van der Waals surface area contributed by atoms with E-state index in [1.54, 1.807) is 0 Å². The molecule has 2 rings (SSSR count). The van der Waals surface area contributed by atoms with E-state index in [-0.39, 0.29) is 19.4 Å². The highest BCUT2D eigenvalue weighted by Crippen LogP contribution is 2.27. The first-order chi connectivity index (χ1) is 40.0. The molecule has 15 nitrogen and oxygen atoms in total. The SMILES string of the molecule is CCCCCCCCCCCCCCCC/C=C/CC/C=C/CCCC(=O)OC[C@@H](CO[C@@H]1O[C@H](CO[C@@H]2O[C@H](CO)[C@H](O)C(O)C2O)[C@H](O)C(O)C1O)OC(=O)CCC/C=C/CCCCCCCCCCCCCCCCCCCC. The molecule has 2 aliphatic rings. The maximum atomic E-state index is 13.1. The van der Waals surface area contributed by atoms with Gasteiger partial charge in [0.15, 0.2) is 18.7 Å². The number of aliphatic hydroxyl groups excluding tert-OH is 7. The predicted molar refractivity (Wildman–Crippen MR) is 326 cm³/mol. The first-order valence-corrected chi connectivity index (χ1v) is 33.6. The van der Waals surface area contributed by atoms with Crippen molar-refractivity contribution in [1.29, 1.82) is 0 Å². The largest absolute Gasteiger partial charge is 0.462 e. The molecule has 0 aromatic heterocycles. The first kappa shape index (κ1) is 75.8. The van der Waals surface area contributed by atoms with Gasteiger partial charge in [-0.1, -0.05) is 243 Å². The van der Waals surface area contributed by atoms with Gasteiger partial charge in [0.05, 0.1) is 19.8 Å². The monoisotopic (exact) mass is 1170 g/mol. The predicted octanol–water partition coefficient (Wildman–Crippen LogP) is 13.2. The van der Waals surface area contributed by atoms with E-state index < -0.39 is 99.3 Å². The molecule has 2 aliphatic heterocycles. The van der Waals surface area contributed by atoms with Gasteiger partial charge in [-0.15, -0.1) is 0 Å². The summed E-state index contributed by atoms with van der Waals surface area (Å²) in [6.07, 6.45) is 46.2. The Kier molecular flexibility index (Phi) is 49.0. The molecule has 2 heterocycles. The molecule has 7 N–H and O–H groups in total. The van der Waals surface area contributed by atoms with E-state index >= 15 is 0 Å². The number of carbonyl (C=O) groups excluding carboxylic acids is 2. The van der Waals surface area contributed by atoms with Crippen LogP contribution in [-0.4, -0.2) is 142 Å². The van der Waals surface area contributed by atoms with Crippen molar-refractivity contribution in [1.82, 2.24) is 0 Å². The van der Waals surface area contributed by atoms with Gasteiger partial charge < -0.3 is 64.2 Å². The summed E-state index contributed by atoms with van der Waals surface area (Å²) in [6.45, 7) is 2.59. The Hall–Kier alpha value is -2.28. The number of aliphatic hydroxyl groups is 7. The molecule has 0 spiro atoms. The Labute approximate surface area is 497 Å². The van der Waals surface area contributed by atoms with E-state index in [1.807, 2.05) is 0 Å². The molecule has 0 saturated carbocycles. The van der Waals surface area contributed by atoms with Crippen molar-refractivity contribution in [2.75, 3.05) is 26.4 Å². The minimum atomic E-state index is -1.78. The standard InChI is InChI=1S/C67H122O15/c1-3-5-7-9-11-13-15-17-19-21-23-25-27-29-31-33-35-37-39-41-43-45-47-49-58(69)77-52-55(53-78-66-65(76)63(74)61(72)57(82-66)54-79-67-64(75)62(73)60(71)56(51-68)81-67)80-59(70)50-48-46-44-42-40-38-36-34-32-30-28-26-24-22-20-18-16-14-12-10-8-6-4-2/h33,35,41-44,55-57,60-68,71-76H,3-32,34,36-40,45-54H2,1-2H3/b35-33+,43-41+,44-42+/t55-,56+,57+,60-,61-,62?,63?,64?,65?,66+,67+/m0/s1. The maximum absolute atomic E-state index is 13.1. The Bertz CT molecular complexity index is 1560. The highest BCUT2D eigenvalue weighted by atomic mass is 16.7. The van der Waals surface area contributed by atoms with Crippen LogP contribution in [0, 0.1) is 0 Å². The lowest BCUT2D eigenvalue weighted by Crippen LogP contribution is -2.61. The Morgan fingerprint density at radius 2 is 0.707 bits per heavy atom. The van der Waals surface area contributed by atoms with E-state index in [9.17, 15) is 45.3 Å². The van der Waals surface area contributed by atoms with Crippen LogP contribution in [0.3, 0.4) is 0 Å². The van der Waals surface area contributed by atoms with Crippen LogP contribution in [0.5, 0.6) is 0 Å². The summed E-state index contributed by atoms with van der Waals surface area (Å²) in [4.78, 5) is 26.0. The normalized spacial score (nSPS) is 23.6. The van der Waals surface area contributed by atoms with Crippen LogP contribution in [0.25, 0.3) is 0 Å². The lowest BCUT2D eigenvalue weighted by atomic mass is 9.98. The zero-order valence-electron chi connectivity index (χ0n) is 51.7. The number of rotatable bonds is 55. The summed E-state index contributed by atoms with van der Waals surface area (Å²) < 4.78 is 33.7. The van der Waals surface area contributed by atoms with E-state index in [2.05, 4.69) is 50.3 Å². The van der Waals surface area contributed by atoms with E-state index in [0.29, 0.717) is 25.7 Å². The first-order valence-electron chi connectivity index (χ1n) is 33.6. The molecule has 2 fully saturated rings. The molecule has 0 aromatic rings. The van der Waals surface area contributed by atoms with Crippen molar-refractivity contribution in [3.05, 3.63) is 36.5 Å². The summed E-state index contributed by atoms with van der Waals surface area (Å²) in [5.41, 5.74) is 0. The van der Waals surface area contributed by atoms with E-state index in [1.165, 1.54) is 199 Å². The fraction of sp³-hybridized carbons (Fsp3) is 0.881. The molecule has 2 saturated heterocycles. The third-order valence-corrected chi connectivity index (χ3v) is 16.1. The van der Waals surface area contributed by atoms with Crippen molar-refractivity contribution >= 4 is 11.9 Å². The minimum absolute atomic E-state index is 0.112. The average Bonchev–Trinajstić information content (AvgIpc) is 3.61. The molecule has 480 valence electrons. The highest BCUT2D eigenvalue weighted by molar-refractivity contribution is 5.70. The second-order valence-electron chi connectivity index (χ2n) is 23.6. The second kappa shape index (κ2) is 53.0. The lowest BCUT2D eigenvalue weighted by Gasteiger charge is -2.42. The summed E-state index contributed by atoms with van der Waals surface area (Å²) in [7, 11) is 0. The van der Waals surface area contributed by atoms with Crippen molar-refractivity contribution in [2.45, 2.75) is 351 Å². The molecule has 82 heavy (non-hydrogen) atoms. The average molecular weight is 1170 g/mol. The topological polar surface area (TPSA) is 231 Å². The van der Waals surface area contributed by atoms with Gasteiger partial charge in [0.2, 0.25) is 0 Å². The number of esters is 2. The van der Waals surface area contributed by atoms with Crippen LogP contribution >= 0.6 is 0 Å². The molecule has 11 atom stereocenters. The van der Waals surface area contributed by atoms with Gasteiger partial charge in [0.1, 0.15) is 55.4 Å². The third-order valence-electron chi connectivity index (χ3n) is 16.1. The Balaban J connectivity index is 1.71. The van der Waals surface area contributed by atoms with Crippen molar-refractivity contribution in [3.63, 3.8) is 0 Å². The van der Waals surface area contributed by atoms with Crippen LogP contribution in [0.2, 0.25) is 0 Å². The fourth-order valence-electron chi connectivity index (χ4n) is 10.7. The van der Waals surface area contributed by atoms with Crippen molar-refractivity contribution in [2.24, 2.45) is 0 Å². The number of allylic oxidation sites excluding steroid dienone is 6. The Morgan fingerprint density at radius 3 is 1.11 bits per heavy atom. The summed E-state index contributed by atoms with van der Waals surface area (Å²) >= 11 is 0. The van der Waals surface area contributed by atoms with Gasteiger partial charge in [-0.3, -0.25) is 9.59 Å². The third kappa shape index (κ3) is 38.7. The van der Waals surface area contributed by atoms with Crippen LogP contribution in [0.4, 0.5) is 0 Å². The van der Waals surface area contributed by atoms with Crippen LogP contribution in [0.15, 0.2) is 36.5 Å². The van der Waals surface area contributed by atoms with Crippen LogP contribution in [-0.2, 0) is 38.0 Å². The quantitative estimate of drug-likeness (QED) is 0.0171. The van der Waals surface area contributed by atoms with Gasteiger partial charge in [0, 0.05) is 12.8 Å². The molecular formula is C67H122O15. The van der Waals surface area contributed by atoms with Crippen molar-refractivity contribution < 1.29 is 73.8 Å². The lowest BCUT2D eigenvalue weighted by molar-refractivity contribution is -0.332. The molecule has 0 aliphatic carbocycles. The summed E-state index contributed by atoms with van der Waals surface area (Å²) in [6, 6.07) is 0. The summed E-state index contributed by atoms with van der Waals surface area (Å²) in [5, 5.41) is 72.5. The highest BCUT2D eigenvalue weighted by Gasteiger charge is 2.47. The van der Waals surface area contributed by atoms with Gasteiger partial charge in [-0.05, 0) is 64.2 Å². The molecule has 0 radical (unpaired) electrons. The smallest absolute Gasteiger partial charge is 0.306 e. The number of hydrogen-bond donors (Lipinski definition) is 7. The number of carbonyl (C=O) groups is 2. The van der Waals surface area contributed by atoms with Crippen molar-refractivity contribution in [3.8, 4) is 0 Å². The molecule has 15 heteroatoms.